The zero-order valence-corrected chi connectivity index (χ0v) is 12.1. The van der Waals surface area contributed by atoms with Gasteiger partial charge >= 0.3 is 12.1 Å². The molecule has 1 saturated heterocycles. The number of methoxy groups -OCH3 is 1. The lowest BCUT2D eigenvalue weighted by atomic mass is 9.99. The second-order valence-corrected chi connectivity index (χ2v) is 6.40. The molecule has 5 nitrogen and oxygen atoms in total. The summed E-state index contributed by atoms with van der Waals surface area (Å²) >= 11 is 1.70. The van der Waals surface area contributed by atoms with E-state index in [-0.39, 0.29) is 17.9 Å². The van der Waals surface area contributed by atoms with Crippen molar-refractivity contribution in [3.63, 3.8) is 0 Å². The molecule has 2 atom stereocenters. The van der Waals surface area contributed by atoms with Crippen molar-refractivity contribution in [2.24, 2.45) is 5.92 Å². The molecule has 0 aromatic carbocycles. The predicted molar refractivity (Wildman–Crippen MR) is 70.6 cm³/mol. The molecule has 1 N–H and O–H groups in total. The van der Waals surface area contributed by atoms with Crippen LogP contribution >= 0.6 is 11.8 Å². The molecule has 0 aromatic rings. The zero-order valence-electron chi connectivity index (χ0n) is 11.3. The second-order valence-electron chi connectivity index (χ2n) is 5.25. The molecular weight excluding hydrogens is 254 g/mol. The van der Waals surface area contributed by atoms with Gasteiger partial charge in [0.05, 0.1) is 13.0 Å². The first kappa shape index (κ1) is 15.1. The van der Waals surface area contributed by atoms with Crippen molar-refractivity contribution in [1.29, 1.82) is 0 Å². The Morgan fingerprint density at radius 2 is 2.00 bits per heavy atom. The molecule has 0 aliphatic carbocycles. The molecule has 1 heterocycles. The maximum atomic E-state index is 11.7. The number of carbonyl (C=O) groups excluding carboxylic acids is 2. The van der Waals surface area contributed by atoms with Crippen molar-refractivity contribution in [2.75, 3.05) is 18.6 Å². The minimum absolute atomic E-state index is 0.200. The Morgan fingerprint density at radius 1 is 1.33 bits per heavy atom. The summed E-state index contributed by atoms with van der Waals surface area (Å²) in [7, 11) is 1.37. The van der Waals surface area contributed by atoms with Gasteiger partial charge in [-0.15, -0.1) is 0 Å². The van der Waals surface area contributed by atoms with Crippen LogP contribution in [0.2, 0.25) is 0 Å². The van der Waals surface area contributed by atoms with Crippen LogP contribution in [-0.4, -0.2) is 42.3 Å². The lowest BCUT2D eigenvalue weighted by molar-refractivity contribution is -0.145. The maximum Gasteiger partial charge on any atom is 0.407 e. The van der Waals surface area contributed by atoms with Gasteiger partial charge in [-0.2, -0.15) is 11.8 Å². The fourth-order valence-electron chi connectivity index (χ4n) is 1.75. The third-order valence-electron chi connectivity index (χ3n) is 2.56. The van der Waals surface area contributed by atoms with Crippen molar-refractivity contribution in [3.8, 4) is 0 Å². The summed E-state index contributed by atoms with van der Waals surface area (Å²) in [6.07, 6.45) is 0.275. The van der Waals surface area contributed by atoms with Gasteiger partial charge in [-0.3, -0.25) is 4.79 Å². The molecule has 0 spiro atoms. The number of ether oxygens (including phenoxy) is 2. The number of nitrogens with one attached hydrogen (secondary N) is 1. The Labute approximate surface area is 112 Å². The molecule has 1 amide bonds. The van der Waals surface area contributed by atoms with E-state index in [1.807, 2.05) is 0 Å². The minimum Gasteiger partial charge on any atom is -0.469 e. The summed E-state index contributed by atoms with van der Waals surface area (Å²) in [5.41, 5.74) is -0.533. The van der Waals surface area contributed by atoms with Gasteiger partial charge in [-0.1, -0.05) is 0 Å². The van der Waals surface area contributed by atoms with Crippen molar-refractivity contribution in [3.05, 3.63) is 0 Å². The molecule has 0 saturated carbocycles. The smallest absolute Gasteiger partial charge is 0.407 e. The van der Waals surface area contributed by atoms with Gasteiger partial charge in [0.15, 0.2) is 0 Å². The Balaban J connectivity index is 2.57. The highest BCUT2D eigenvalue weighted by molar-refractivity contribution is 7.99. The zero-order chi connectivity index (χ0) is 13.8. The molecule has 104 valence electrons. The van der Waals surface area contributed by atoms with Gasteiger partial charge in [0.1, 0.15) is 5.60 Å². The lowest BCUT2D eigenvalue weighted by Gasteiger charge is -2.30. The van der Waals surface area contributed by atoms with E-state index in [2.05, 4.69) is 5.32 Å². The largest absolute Gasteiger partial charge is 0.469 e. The highest BCUT2D eigenvalue weighted by Gasteiger charge is 2.34. The van der Waals surface area contributed by atoms with E-state index in [0.717, 1.165) is 12.2 Å². The number of amides is 1. The molecule has 1 aliphatic rings. The average Bonchev–Trinajstić information content (AvgIpc) is 2.26. The van der Waals surface area contributed by atoms with E-state index in [0.29, 0.717) is 5.75 Å². The summed E-state index contributed by atoms with van der Waals surface area (Å²) in [5, 5.41) is 2.77. The summed E-state index contributed by atoms with van der Waals surface area (Å²) in [5.74, 6) is 1.03. The number of alkyl carbamates (subject to hydrolysis) is 1. The number of hydrogen-bond donors (Lipinski definition) is 1. The van der Waals surface area contributed by atoms with E-state index >= 15 is 0 Å². The topological polar surface area (TPSA) is 64.6 Å². The molecule has 0 radical (unpaired) electrons. The standard InChI is InChI=1S/C12H21NO4S/c1-12(2,3)17-11(15)13-9-5-6-18-7-8(9)10(14)16-4/h8-9H,5-7H2,1-4H3,(H,13,15)/t8-,9+/m0/s1. The molecule has 0 unspecified atom stereocenters. The maximum absolute atomic E-state index is 11.7. The van der Waals surface area contributed by atoms with Gasteiger partial charge in [-0.25, -0.2) is 4.79 Å². The molecule has 1 fully saturated rings. The molecule has 18 heavy (non-hydrogen) atoms. The van der Waals surface area contributed by atoms with Crippen LogP contribution < -0.4 is 5.32 Å². The van der Waals surface area contributed by atoms with Crippen LogP contribution in [0.25, 0.3) is 0 Å². The van der Waals surface area contributed by atoms with Gasteiger partial charge < -0.3 is 14.8 Å². The van der Waals surface area contributed by atoms with E-state index in [9.17, 15) is 9.59 Å². The van der Waals surface area contributed by atoms with E-state index in [4.69, 9.17) is 9.47 Å². The number of thioether (sulfide) groups is 1. The highest BCUT2D eigenvalue weighted by Crippen LogP contribution is 2.24. The van der Waals surface area contributed by atoms with E-state index < -0.39 is 11.7 Å². The third-order valence-corrected chi connectivity index (χ3v) is 3.68. The third kappa shape index (κ3) is 4.76. The first-order valence-corrected chi connectivity index (χ1v) is 7.14. The average molecular weight is 275 g/mol. The van der Waals surface area contributed by atoms with Gasteiger partial charge in [-0.05, 0) is 32.9 Å². The molecule has 1 rings (SSSR count). The van der Waals surface area contributed by atoms with Crippen LogP contribution in [0.1, 0.15) is 27.2 Å². The number of hydrogen-bond acceptors (Lipinski definition) is 5. The second kappa shape index (κ2) is 6.31. The van der Waals surface area contributed by atoms with Gasteiger partial charge in [0, 0.05) is 11.8 Å². The summed E-state index contributed by atoms with van der Waals surface area (Å²) in [4.78, 5) is 23.3. The first-order chi connectivity index (χ1) is 8.33. The van der Waals surface area contributed by atoms with Crippen LogP contribution in [0.4, 0.5) is 4.79 Å². The molecule has 0 aromatic heterocycles. The molecule has 6 heteroatoms. The molecular formula is C12H21NO4S. The number of carbonyl (C=O) groups is 2. The fraction of sp³-hybridized carbons (Fsp3) is 0.833. The van der Waals surface area contributed by atoms with Crippen LogP contribution in [0.3, 0.4) is 0 Å². The van der Waals surface area contributed by atoms with Gasteiger partial charge in [0.2, 0.25) is 0 Å². The Morgan fingerprint density at radius 3 is 2.56 bits per heavy atom. The summed E-state index contributed by atoms with van der Waals surface area (Å²) in [6.45, 7) is 5.42. The Bertz CT molecular complexity index is 314. The van der Waals surface area contributed by atoms with Crippen molar-refractivity contribution < 1.29 is 19.1 Å². The van der Waals surface area contributed by atoms with Crippen molar-refractivity contribution in [2.45, 2.75) is 38.8 Å². The van der Waals surface area contributed by atoms with Crippen LogP contribution in [0.15, 0.2) is 0 Å². The van der Waals surface area contributed by atoms with Crippen molar-refractivity contribution in [1.82, 2.24) is 5.32 Å². The van der Waals surface area contributed by atoms with E-state index in [1.54, 1.807) is 32.5 Å². The van der Waals surface area contributed by atoms with E-state index in [1.165, 1.54) is 7.11 Å². The SMILES string of the molecule is COC(=O)[C@H]1CSCC[C@H]1NC(=O)OC(C)(C)C. The minimum atomic E-state index is -0.533. The lowest BCUT2D eigenvalue weighted by Crippen LogP contribution is -2.48. The normalized spacial score (nSPS) is 24.2. The quantitative estimate of drug-likeness (QED) is 0.779. The summed E-state index contributed by atoms with van der Waals surface area (Å²) in [6, 6.07) is -0.200. The highest BCUT2D eigenvalue weighted by atomic mass is 32.2. The molecule has 1 aliphatic heterocycles. The van der Waals surface area contributed by atoms with Gasteiger partial charge in [0.25, 0.3) is 0 Å². The summed E-state index contributed by atoms with van der Waals surface area (Å²) < 4.78 is 9.95. The Kier molecular flexibility index (Phi) is 5.31. The number of esters is 1. The Hall–Kier alpha value is -0.910. The predicted octanol–water partition coefficient (Wildman–Crippen LogP) is 1.81. The fourth-order valence-corrected chi connectivity index (χ4v) is 2.96. The first-order valence-electron chi connectivity index (χ1n) is 5.98. The van der Waals surface area contributed by atoms with Crippen LogP contribution in [-0.2, 0) is 14.3 Å². The van der Waals surface area contributed by atoms with Crippen LogP contribution in [0.5, 0.6) is 0 Å². The van der Waals surface area contributed by atoms with Crippen molar-refractivity contribution >= 4 is 23.8 Å². The monoisotopic (exact) mass is 275 g/mol. The van der Waals surface area contributed by atoms with Crippen LogP contribution in [0, 0.1) is 5.92 Å². The number of rotatable bonds is 2. The molecule has 0 bridgehead atoms.